The third-order valence-electron chi connectivity index (χ3n) is 3.70. The molecule has 0 saturated carbocycles. The Labute approximate surface area is 136 Å². The normalized spacial score (nSPS) is 15.9. The van der Waals surface area contributed by atoms with Crippen molar-refractivity contribution >= 4 is 48.5 Å². The highest BCUT2D eigenvalue weighted by Gasteiger charge is 2.20. The van der Waals surface area contributed by atoms with Gasteiger partial charge in [-0.15, -0.1) is 0 Å². The summed E-state index contributed by atoms with van der Waals surface area (Å²) in [4.78, 5) is 7.18. The zero-order valence-electron chi connectivity index (χ0n) is 11.6. The molecule has 5 heteroatoms. The molecule has 0 aliphatic carbocycles. The Morgan fingerprint density at radius 2 is 1.85 bits per heavy atom. The molecule has 1 aromatic carbocycles. The van der Waals surface area contributed by atoms with E-state index in [1.54, 1.807) is 0 Å². The largest absolute Gasteiger partial charge is 0.367 e. The molecule has 3 nitrogen and oxygen atoms in total. The van der Waals surface area contributed by atoms with Gasteiger partial charge in [0.2, 0.25) is 0 Å². The number of nitrogens with zero attached hydrogens (tertiary/aromatic N) is 2. The first-order valence-corrected chi connectivity index (χ1v) is 8.38. The van der Waals surface area contributed by atoms with Crippen LogP contribution in [0.1, 0.15) is 11.3 Å². The van der Waals surface area contributed by atoms with Gasteiger partial charge in [0.15, 0.2) is 0 Å². The van der Waals surface area contributed by atoms with Gasteiger partial charge >= 0.3 is 0 Å². The number of fused-ring (bicyclic) bond motifs is 1. The van der Waals surface area contributed by atoms with Crippen molar-refractivity contribution in [1.82, 2.24) is 10.3 Å². The molecule has 0 spiro atoms. The summed E-state index contributed by atoms with van der Waals surface area (Å²) < 4.78 is 2.18. The molecule has 2 aromatic rings. The van der Waals surface area contributed by atoms with Crippen molar-refractivity contribution in [2.75, 3.05) is 31.1 Å². The molecule has 0 amide bonds. The first-order valence-electron chi connectivity index (χ1n) is 6.79. The number of halogens is 2. The number of aryl methyl sites for hydroxylation is 2. The van der Waals surface area contributed by atoms with E-state index in [-0.39, 0.29) is 0 Å². The van der Waals surface area contributed by atoms with Gasteiger partial charge in [0.1, 0.15) is 0 Å². The summed E-state index contributed by atoms with van der Waals surface area (Å²) >= 11 is 7.40. The smallest absolute Gasteiger partial charge is 0.0869 e. The topological polar surface area (TPSA) is 28.2 Å². The monoisotopic (exact) mass is 397 g/mol. The number of nitrogens with one attached hydrogen (secondary N) is 1. The summed E-state index contributed by atoms with van der Waals surface area (Å²) in [7, 11) is 0. The Morgan fingerprint density at radius 1 is 1.15 bits per heavy atom. The molecule has 1 aromatic heterocycles. The lowest BCUT2D eigenvalue weighted by molar-refractivity contribution is 0.589. The fourth-order valence-corrected chi connectivity index (χ4v) is 3.95. The van der Waals surface area contributed by atoms with Crippen LogP contribution < -0.4 is 10.2 Å². The fourth-order valence-electron chi connectivity index (χ4n) is 2.73. The summed E-state index contributed by atoms with van der Waals surface area (Å²) in [6.07, 6.45) is 0. The van der Waals surface area contributed by atoms with Crippen LogP contribution in [-0.2, 0) is 0 Å². The molecular weight excluding hydrogens is 382 g/mol. The second-order valence-corrected chi connectivity index (χ2v) is 6.89. The zero-order valence-corrected chi connectivity index (χ0v) is 14.8. The number of pyridine rings is 1. The maximum atomic E-state index is 4.74. The van der Waals surface area contributed by atoms with Crippen molar-refractivity contribution in [3.05, 3.63) is 32.3 Å². The molecule has 1 aliphatic rings. The fraction of sp³-hybridized carbons (Fsp3) is 0.400. The van der Waals surface area contributed by atoms with E-state index < -0.39 is 0 Å². The van der Waals surface area contributed by atoms with Crippen molar-refractivity contribution < 1.29 is 0 Å². The third-order valence-corrected chi connectivity index (χ3v) is 5.26. The SMILES string of the molecule is Cc1cc(Br)c2nc(C)c(Br)c(N3CCNCC3)c2c1. The predicted octanol–water partition coefficient (Wildman–Crippen LogP) is 3.79. The zero-order chi connectivity index (χ0) is 14.3. The van der Waals surface area contributed by atoms with E-state index in [2.05, 4.69) is 68.1 Å². The first-order chi connectivity index (χ1) is 9.58. The average molecular weight is 399 g/mol. The third kappa shape index (κ3) is 2.47. The number of hydrogen-bond acceptors (Lipinski definition) is 3. The second-order valence-electron chi connectivity index (χ2n) is 5.24. The Balaban J connectivity index is 2.29. The van der Waals surface area contributed by atoms with Gasteiger partial charge in [0, 0.05) is 36.0 Å². The molecule has 20 heavy (non-hydrogen) atoms. The summed E-state index contributed by atoms with van der Waals surface area (Å²) in [5.74, 6) is 0. The number of anilines is 1. The molecule has 1 saturated heterocycles. The van der Waals surface area contributed by atoms with E-state index in [4.69, 9.17) is 4.98 Å². The van der Waals surface area contributed by atoms with E-state index in [0.717, 1.165) is 46.3 Å². The predicted molar refractivity (Wildman–Crippen MR) is 91.7 cm³/mol. The molecule has 1 aliphatic heterocycles. The van der Waals surface area contributed by atoms with Gasteiger partial charge < -0.3 is 10.2 Å². The van der Waals surface area contributed by atoms with E-state index in [1.165, 1.54) is 16.6 Å². The highest BCUT2D eigenvalue weighted by Crippen LogP contribution is 2.38. The highest BCUT2D eigenvalue weighted by molar-refractivity contribution is 9.11. The van der Waals surface area contributed by atoms with Gasteiger partial charge in [-0.1, -0.05) is 0 Å². The Morgan fingerprint density at radius 3 is 2.55 bits per heavy atom. The minimum atomic E-state index is 1.03. The molecule has 0 bridgehead atoms. The van der Waals surface area contributed by atoms with Crippen LogP contribution >= 0.6 is 31.9 Å². The number of piperazine rings is 1. The molecule has 1 fully saturated rings. The minimum Gasteiger partial charge on any atom is -0.367 e. The van der Waals surface area contributed by atoms with E-state index >= 15 is 0 Å². The van der Waals surface area contributed by atoms with Crippen LogP contribution in [0.25, 0.3) is 10.9 Å². The number of hydrogen-bond donors (Lipinski definition) is 1. The van der Waals surface area contributed by atoms with Crippen molar-refractivity contribution in [2.24, 2.45) is 0 Å². The quantitative estimate of drug-likeness (QED) is 0.792. The molecule has 0 atom stereocenters. The highest BCUT2D eigenvalue weighted by atomic mass is 79.9. The van der Waals surface area contributed by atoms with Crippen molar-refractivity contribution in [3.63, 3.8) is 0 Å². The molecule has 2 heterocycles. The van der Waals surface area contributed by atoms with Gasteiger partial charge in [-0.05, 0) is 63.4 Å². The minimum absolute atomic E-state index is 1.03. The van der Waals surface area contributed by atoms with Crippen LogP contribution in [0.3, 0.4) is 0 Å². The van der Waals surface area contributed by atoms with Crippen molar-refractivity contribution in [1.29, 1.82) is 0 Å². The van der Waals surface area contributed by atoms with Crippen LogP contribution in [-0.4, -0.2) is 31.2 Å². The summed E-state index contributed by atoms with van der Waals surface area (Å²) in [6.45, 7) is 8.30. The molecular formula is C15H17Br2N3. The van der Waals surface area contributed by atoms with Gasteiger partial charge in [-0.25, -0.2) is 0 Å². The summed E-state index contributed by atoms with van der Waals surface area (Å²) in [5, 5.41) is 4.63. The first kappa shape index (κ1) is 14.3. The molecule has 0 unspecified atom stereocenters. The van der Waals surface area contributed by atoms with Crippen molar-refractivity contribution in [3.8, 4) is 0 Å². The summed E-state index contributed by atoms with van der Waals surface area (Å²) in [6, 6.07) is 4.36. The maximum absolute atomic E-state index is 4.74. The van der Waals surface area contributed by atoms with Crippen LogP contribution in [0.4, 0.5) is 5.69 Å². The Kier molecular flexibility index (Phi) is 4.02. The molecule has 1 N–H and O–H groups in total. The van der Waals surface area contributed by atoms with Gasteiger partial charge in [0.25, 0.3) is 0 Å². The lowest BCUT2D eigenvalue weighted by Crippen LogP contribution is -2.43. The van der Waals surface area contributed by atoms with Gasteiger partial charge in [0.05, 0.1) is 21.4 Å². The van der Waals surface area contributed by atoms with E-state index in [0.29, 0.717) is 0 Å². The number of benzene rings is 1. The lowest BCUT2D eigenvalue weighted by Gasteiger charge is -2.31. The maximum Gasteiger partial charge on any atom is 0.0869 e. The Hall–Kier alpha value is -0.650. The number of aromatic nitrogens is 1. The molecule has 0 radical (unpaired) electrons. The van der Waals surface area contributed by atoms with Crippen LogP contribution in [0, 0.1) is 13.8 Å². The lowest BCUT2D eigenvalue weighted by atomic mass is 10.1. The standard InChI is InChI=1S/C15H17Br2N3/c1-9-7-11-14(12(16)8-9)19-10(2)13(17)15(11)20-5-3-18-4-6-20/h7-8,18H,3-6H2,1-2H3. The number of rotatable bonds is 1. The molecule has 3 rings (SSSR count). The molecule has 106 valence electrons. The van der Waals surface area contributed by atoms with Crippen LogP contribution in [0.5, 0.6) is 0 Å². The van der Waals surface area contributed by atoms with E-state index in [9.17, 15) is 0 Å². The summed E-state index contributed by atoms with van der Waals surface area (Å²) in [5.41, 5.74) is 4.61. The van der Waals surface area contributed by atoms with Gasteiger partial charge in [-0.3, -0.25) is 4.98 Å². The van der Waals surface area contributed by atoms with E-state index in [1.807, 2.05) is 0 Å². The van der Waals surface area contributed by atoms with Crippen LogP contribution in [0.2, 0.25) is 0 Å². The van der Waals surface area contributed by atoms with Gasteiger partial charge in [-0.2, -0.15) is 0 Å². The Bertz CT molecular complexity index is 664. The second kappa shape index (κ2) is 5.62. The average Bonchev–Trinajstić information content (AvgIpc) is 2.42. The van der Waals surface area contributed by atoms with Crippen molar-refractivity contribution in [2.45, 2.75) is 13.8 Å². The van der Waals surface area contributed by atoms with Crippen LogP contribution in [0.15, 0.2) is 21.1 Å².